The molecule has 0 radical (unpaired) electrons. The molecule has 62 heavy (non-hydrogen) atoms. The Balaban J connectivity index is 0.000000139. The third-order valence-electron chi connectivity index (χ3n) is 16.6. The normalized spacial score (nSPS) is 28.8. The van der Waals surface area contributed by atoms with E-state index in [-0.39, 0.29) is 11.4 Å². The molecule has 8 bridgehead atoms. The van der Waals surface area contributed by atoms with Gasteiger partial charge in [-0.2, -0.15) is 0 Å². The fourth-order valence-corrected chi connectivity index (χ4v) is 14.7. The summed E-state index contributed by atoms with van der Waals surface area (Å²) in [6.45, 7) is 2.30. The van der Waals surface area contributed by atoms with Gasteiger partial charge < -0.3 is 9.84 Å². The molecule has 6 aromatic rings. The molecule has 0 aliphatic heterocycles. The quantitative estimate of drug-likeness (QED) is 0.0883. The van der Waals surface area contributed by atoms with Crippen LogP contribution in [-0.2, 0) is 15.6 Å². The fourth-order valence-electron chi connectivity index (χ4n) is 14.7. The van der Waals surface area contributed by atoms with Crippen LogP contribution in [0.5, 0.6) is 5.75 Å². The number of amides is 1. The van der Waals surface area contributed by atoms with E-state index in [1.807, 2.05) is 42.5 Å². The zero-order valence-corrected chi connectivity index (χ0v) is 36.0. The van der Waals surface area contributed by atoms with Crippen molar-refractivity contribution >= 4 is 33.4 Å². The van der Waals surface area contributed by atoms with Gasteiger partial charge in [0.15, 0.2) is 0 Å². The van der Waals surface area contributed by atoms with Crippen molar-refractivity contribution in [2.24, 2.45) is 35.5 Å². The summed E-state index contributed by atoms with van der Waals surface area (Å²) in [6.07, 6.45) is 16.5. The fraction of sp³-hybridized carbons (Fsp3) is 0.393. The smallest absolute Gasteiger partial charge is 0.337 e. The van der Waals surface area contributed by atoms with E-state index in [1.54, 1.807) is 17.1 Å². The summed E-state index contributed by atoms with van der Waals surface area (Å²) in [6, 6.07) is 37.2. The maximum atomic E-state index is 11.8. The number of nitrogens with one attached hydrogen (secondary N) is 1. The van der Waals surface area contributed by atoms with E-state index in [4.69, 9.17) is 9.94 Å². The highest BCUT2D eigenvalue weighted by atomic mass is 16.5. The Morgan fingerprint density at radius 3 is 1.40 bits per heavy atom. The number of aryl methyl sites for hydroxylation is 1. The first-order valence-corrected chi connectivity index (χ1v) is 23.1. The van der Waals surface area contributed by atoms with Gasteiger partial charge in [-0.25, -0.2) is 10.3 Å². The lowest BCUT2D eigenvalue weighted by Gasteiger charge is -2.57. The lowest BCUT2D eigenvalue weighted by Crippen LogP contribution is -2.48. The minimum absolute atomic E-state index is 0.168. The number of phenolic OH excluding ortho intramolecular Hbond substituents is 1. The van der Waals surface area contributed by atoms with Crippen LogP contribution >= 0.6 is 0 Å². The molecule has 8 fully saturated rings. The molecule has 8 aliphatic carbocycles. The zero-order valence-electron chi connectivity index (χ0n) is 36.0. The Hall–Kier alpha value is -5.46. The second-order valence-corrected chi connectivity index (χ2v) is 20.6. The summed E-state index contributed by atoms with van der Waals surface area (Å²) in [4.78, 5) is 23.5. The van der Waals surface area contributed by atoms with Gasteiger partial charge in [-0.1, -0.05) is 60.7 Å². The molecule has 1 amide bonds. The second kappa shape index (κ2) is 15.1. The van der Waals surface area contributed by atoms with Crippen LogP contribution in [0.25, 0.3) is 43.8 Å². The Kier molecular flexibility index (Phi) is 9.60. The van der Waals surface area contributed by atoms with Gasteiger partial charge in [0.25, 0.3) is 5.91 Å². The highest BCUT2D eigenvalue weighted by Crippen LogP contribution is 2.63. The highest BCUT2D eigenvalue weighted by molar-refractivity contribution is 5.99. The van der Waals surface area contributed by atoms with Crippen LogP contribution in [0.15, 0.2) is 109 Å². The molecule has 8 aliphatic rings. The maximum Gasteiger partial charge on any atom is 0.337 e. The molecule has 0 aromatic heterocycles. The summed E-state index contributed by atoms with van der Waals surface area (Å²) >= 11 is 0. The Morgan fingerprint density at radius 1 is 0.516 bits per heavy atom. The third-order valence-corrected chi connectivity index (χ3v) is 16.6. The van der Waals surface area contributed by atoms with Crippen LogP contribution in [-0.4, -0.2) is 29.3 Å². The molecule has 0 atom stereocenters. The monoisotopic (exact) mass is 823 g/mol. The summed E-state index contributed by atoms with van der Waals surface area (Å²) in [5, 5.41) is 24.0. The number of aromatic hydroxyl groups is 1. The first-order chi connectivity index (χ1) is 30.1. The summed E-state index contributed by atoms with van der Waals surface area (Å²) in [5.74, 6) is 5.04. The average molecular weight is 824 g/mol. The Labute approximate surface area is 364 Å². The maximum absolute atomic E-state index is 11.8. The number of rotatable bonds is 6. The number of carbonyl (C=O) groups excluding carboxylic acids is 2. The molecule has 316 valence electrons. The molecule has 3 N–H and O–H groups in total. The summed E-state index contributed by atoms with van der Waals surface area (Å²) in [5.41, 5.74) is 12.3. The molecular weight excluding hydrogens is 767 g/mol. The minimum Gasteiger partial charge on any atom is -0.508 e. The molecule has 6 nitrogen and oxygen atoms in total. The van der Waals surface area contributed by atoms with Crippen molar-refractivity contribution in [2.75, 3.05) is 7.11 Å². The average Bonchev–Trinajstić information content (AvgIpc) is 3.27. The number of phenols is 1. The van der Waals surface area contributed by atoms with Gasteiger partial charge in [-0.15, -0.1) is 0 Å². The topological polar surface area (TPSA) is 95.9 Å². The standard InChI is InChI=1S/C28H29NO2.C28H28O3/c1-17-2-3-24(13-26(17)28-14-18-8-19(15-28)10-20(9-18)16-28)22-4-5-23-12-25(27(30)29-31)7-6-21(23)11-22;1-31-27(30)24-5-4-20-11-21(2-3-22(20)12-24)23-6-7-26(29)25(13-23)28-14-17-8-18(15-28)10-19(9-17)16-28/h2-7,11-13,18-20,31H,8-10,14-16H2,1H3,(H,29,30);2-7,11-13,17-19,29H,8-10,14-16H2,1H3. The van der Waals surface area contributed by atoms with E-state index < -0.39 is 5.91 Å². The van der Waals surface area contributed by atoms with Crippen molar-refractivity contribution in [3.05, 3.63) is 137 Å². The predicted molar refractivity (Wildman–Crippen MR) is 245 cm³/mol. The largest absolute Gasteiger partial charge is 0.508 e. The number of methoxy groups -OCH3 is 1. The van der Waals surface area contributed by atoms with Crippen LogP contribution in [0.3, 0.4) is 0 Å². The van der Waals surface area contributed by atoms with Crippen molar-refractivity contribution < 1.29 is 24.6 Å². The lowest BCUT2D eigenvalue weighted by molar-refractivity contribution is -0.00614. The van der Waals surface area contributed by atoms with Gasteiger partial charge in [0.05, 0.1) is 12.7 Å². The lowest BCUT2D eigenvalue weighted by atomic mass is 9.47. The van der Waals surface area contributed by atoms with Gasteiger partial charge in [-0.05, 0) is 234 Å². The second-order valence-electron chi connectivity index (χ2n) is 20.6. The van der Waals surface area contributed by atoms with E-state index in [1.165, 1.54) is 106 Å². The number of esters is 1. The van der Waals surface area contributed by atoms with Crippen molar-refractivity contribution in [2.45, 2.75) is 94.8 Å². The van der Waals surface area contributed by atoms with E-state index in [9.17, 15) is 14.7 Å². The number of ether oxygens (including phenoxy) is 1. The first-order valence-electron chi connectivity index (χ1n) is 23.1. The highest BCUT2D eigenvalue weighted by Gasteiger charge is 2.53. The van der Waals surface area contributed by atoms with Gasteiger partial charge in [0.2, 0.25) is 0 Å². The zero-order chi connectivity index (χ0) is 42.3. The molecule has 6 heteroatoms. The van der Waals surface area contributed by atoms with Gasteiger partial charge in [0.1, 0.15) is 5.75 Å². The SMILES string of the molecule is COC(=O)c1ccc2cc(-c3ccc(O)c(C45CC6CC(CC(C6)C4)C5)c3)ccc2c1.Cc1ccc(-c2ccc3cc(C(=O)NO)ccc3c2)cc1C12CC3CC(CC(C3)C1)C2. The van der Waals surface area contributed by atoms with Crippen molar-refractivity contribution in [1.82, 2.24) is 5.48 Å². The molecule has 14 rings (SSSR count). The first kappa shape index (κ1) is 39.4. The molecule has 0 heterocycles. The van der Waals surface area contributed by atoms with Gasteiger partial charge >= 0.3 is 5.97 Å². The summed E-state index contributed by atoms with van der Waals surface area (Å²) in [7, 11) is 1.40. The van der Waals surface area contributed by atoms with Crippen LogP contribution in [0.2, 0.25) is 0 Å². The van der Waals surface area contributed by atoms with E-state index in [0.29, 0.717) is 22.3 Å². The third kappa shape index (κ3) is 6.90. The molecule has 8 saturated carbocycles. The molecular formula is C56H57NO5. The van der Waals surface area contributed by atoms with Crippen molar-refractivity contribution in [1.29, 1.82) is 0 Å². The number of hydrogen-bond donors (Lipinski definition) is 3. The van der Waals surface area contributed by atoms with E-state index in [0.717, 1.165) is 68.2 Å². The van der Waals surface area contributed by atoms with Crippen LogP contribution in [0.1, 0.15) is 114 Å². The molecule has 0 spiro atoms. The number of carbonyl (C=O) groups is 2. The molecule has 0 unspecified atom stereocenters. The van der Waals surface area contributed by atoms with E-state index >= 15 is 0 Å². The van der Waals surface area contributed by atoms with Crippen LogP contribution < -0.4 is 5.48 Å². The van der Waals surface area contributed by atoms with Gasteiger partial charge in [0, 0.05) is 11.1 Å². The number of hydroxylamine groups is 1. The molecule has 0 saturated heterocycles. The number of fused-ring (bicyclic) bond motifs is 2. The van der Waals surface area contributed by atoms with Crippen LogP contribution in [0, 0.1) is 42.4 Å². The van der Waals surface area contributed by atoms with Crippen molar-refractivity contribution in [3.8, 4) is 28.0 Å². The number of benzene rings is 6. The Bertz CT molecular complexity index is 2510. The number of hydrogen-bond acceptors (Lipinski definition) is 5. The Morgan fingerprint density at radius 2 is 0.903 bits per heavy atom. The van der Waals surface area contributed by atoms with Crippen LogP contribution in [0.4, 0.5) is 0 Å². The summed E-state index contributed by atoms with van der Waals surface area (Å²) < 4.78 is 4.84. The van der Waals surface area contributed by atoms with Crippen molar-refractivity contribution in [3.63, 3.8) is 0 Å². The van der Waals surface area contributed by atoms with E-state index in [2.05, 4.69) is 67.6 Å². The predicted octanol–water partition coefficient (Wildman–Crippen LogP) is 12.9. The van der Waals surface area contributed by atoms with Gasteiger partial charge in [-0.3, -0.25) is 10.0 Å². The minimum atomic E-state index is -0.482. The molecule has 6 aromatic carbocycles.